The van der Waals surface area contributed by atoms with Crippen molar-refractivity contribution in [3.8, 4) is 5.75 Å². The highest BCUT2D eigenvalue weighted by Crippen LogP contribution is 2.26. The first kappa shape index (κ1) is 26.5. The van der Waals surface area contributed by atoms with Crippen LogP contribution in [-0.4, -0.2) is 66.8 Å². The van der Waals surface area contributed by atoms with Gasteiger partial charge >= 0.3 is 12.1 Å². The van der Waals surface area contributed by atoms with Gasteiger partial charge in [-0.1, -0.05) is 12.1 Å². The van der Waals surface area contributed by atoms with Crippen LogP contribution in [0.15, 0.2) is 42.5 Å². The molecule has 1 aliphatic heterocycles. The van der Waals surface area contributed by atoms with E-state index in [1.807, 2.05) is 33.8 Å². The Bertz CT molecular complexity index is 1030. The Morgan fingerprint density at radius 1 is 1.11 bits per heavy atom. The summed E-state index contributed by atoms with van der Waals surface area (Å²) in [6.07, 6.45) is -0.766. The molecular weight excluding hydrogens is 451 g/mol. The topological polar surface area (TPSA) is 68.3 Å². The lowest BCUT2D eigenvalue weighted by Gasteiger charge is -2.41. The number of hydrogen-bond acceptors (Lipinski definition) is 6. The maximum Gasteiger partial charge on any atom is 0.410 e. The molecule has 0 saturated carbocycles. The van der Waals surface area contributed by atoms with Crippen molar-refractivity contribution >= 4 is 12.1 Å². The predicted octanol–water partition coefficient (Wildman–Crippen LogP) is 4.98. The molecule has 0 spiro atoms. The number of nitrogens with zero attached hydrogens (tertiary/aromatic N) is 2. The Hall–Kier alpha value is -3.13. The highest BCUT2D eigenvalue weighted by atomic mass is 19.1. The molecule has 2 aromatic carbocycles. The van der Waals surface area contributed by atoms with Gasteiger partial charge in [-0.15, -0.1) is 0 Å². The van der Waals surface area contributed by atoms with E-state index in [9.17, 15) is 14.0 Å². The van der Waals surface area contributed by atoms with Gasteiger partial charge in [-0.2, -0.15) is 0 Å². The number of esters is 1. The third-order valence-corrected chi connectivity index (χ3v) is 5.89. The van der Waals surface area contributed by atoms with Crippen molar-refractivity contribution in [3.63, 3.8) is 0 Å². The van der Waals surface area contributed by atoms with Crippen molar-refractivity contribution in [1.29, 1.82) is 0 Å². The van der Waals surface area contributed by atoms with Crippen LogP contribution in [0.3, 0.4) is 0 Å². The molecule has 8 heteroatoms. The second-order valence-corrected chi connectivity index (χ2v) is 9.91. The van der Waals surface area contributed by atoms with E-state index in [-0.39, 0.29) is 18.0 Å². The number of methoxy groups -OCH3 is 1. The van der Waals surface area contributed by atoms with Gasteiger partial charge in [0.2, 0.25) is 0 Å². The molecule has 0 bridgehead atoms. The molecular formula is C27H35FN2O5. The molecule has 0 radical (unpaired) electrons. The fourth-order valence-electron chi connectivity index (χ4n) is 4.00. The van der Waals surface area contributed by atoms with Crippen molar-refractivity contribution in [1.82, 2.24) is 9.80 Å². The Balaban J connectivity index is 1.74. The smallest absolute Gasteiger partial charge is 0.410 e. The molecule has 0 aliphatic carbocycles. The fraction of sp³-hybridized carbons (Fsp3) is 0.481. The summed E-state index contributed by atoms with van der Waals surface area (Å²) in [6.45, 7) is 11.6. The first-order valence-corrected chi connectivity index (χ1v) is 11.8. The number of carbonyl (C=O) groups is 2. The van der Waals surface area contributed by atoms with Crippen LogP contribution in [0.1, 0.15) is 55.3 Å². The molecule has 1 heterocycles. The Morgan fingerprint density at radius 2 is 1.80 bits per heavy atom. The molecule has 0 aromatic heterocycles. The van der Waals surface area contributed by atoms with Gasteiger partial charge in [0.25, 0.3) is 0 Å². The standard InChI is InChI=1S/C27H35FN2O5/c1-18-7-8-21(15-23(18)28)24(34-22-11-9-20(10-12-22)25(31)33-6)17-29-13-14-30(19(2)16-29)26(32)35-27(3,4)5/h7-12,15,19,24H,13-14,16-17H2,1-6H3/t19-,24?/m1/s1. The van der Waals surface area contributed by atoms with Crippen LogP contribution in [0.4, 0.5) is 9.18 Å². The molecule has 7 nitrogen and oxygen atoms in total. The summed E-state index contributed by atoms with van der Waals surface area (Å²) in [6, 6.07) is 11.7. The van der Waals surface area contributed by atoms with Crippen LogP contribution in [0.2, 0.25) is 0 Å². The van der Waals surface area contributed by atoms with E-state index in [2.05, 4.69) is 4.90 Å². The second-order valence-electron chi connectivity index (χ2n) is 9.91. The fourth-order valence-corrected chi connectivity index (χ4v) is 4.00. The maximum atomic E-state index is 14.4. The zero-order chi connectivity index (χ0) is 25.8. The number of halogens is 1. The van der Waals surface area contributed by atoms with Crippen molar-refractivity contribution in [2.75, 3.05) is 33.3 Å². The molecule has 3 rings (SSSR count). The first-order valence-electron chi connectivity index (χ1n) is 11.8. The van der Waals surface area contributed by atoms with Crippen LogP contribution in [0.5, 0.6) is 5.75 Å². The quantitative estimate of drug-likeness (QED) is 0.537. The van der Waals surface area contributed by atoms with Crippen LogP contribution < -0.4 is 4.74 Å². The maximum absolute atomic E-state index is 14.4. The average molecular weight is 487 g/mol. The van der Waals surface area contributed by atoms with E-state index in [0.29, 0.717) is 48.6 Å². The van der Waals surface area contributed by atoms with Gasteiger partial charge < -0.3 is 19.1 Å². The number of amides is 1. The molecule has 1 aliphatic rings. The van der Waals surface area contributed by atoms with E-state index in [4.69, 9.17) is 14.2 Å². The van der Waals surface area contributed by atoms with E-state index >= 15 is 0 Å². The van der Waals surface area contributed by atoms with Gasteiger partial charge in [0.15, 0.2) is 0 Å². The van der Waals surface area contributed by atoms with Crippen molar-refractivity contribution in [2.45, 2.75) is 52.4 Å². The lowest BCUT2D eigenvalue weighted by molar-refractivity contribution is -0.00299. The molecule has 0 N–H and O–H groups in total. The molecule has 35 heavy (non-hydrogen) atoms. The predicted molar refractivity (Wildman–Crippen MR) is 131 cm³/mol. The van der Waals surface area contributed by atoms with Crippen LogP contribution in [-0.2, 0) is 9.47 Å². The number of piperazine rings is 1. The molecule has 1 amide bonds. The van der Waals surface area contributed by atoms with E-state index in [1.54, 1.807) is 42.2 Å². The number of carbonyl (C=O) groups excluding carboxylic acids is 2. The minimum atomic E-state index is -0.550. The SMILES string of the molecule is COC(=O)c1ccc(OC(CN2CCN(C(=O)OC(C)(C)C)[C@H](C)C2)c2ccc(C)c(F)c2)cc1. The number of rotatable bonds is 6. The summed E-state index contributed by atoms with van der Waals surface area (Å²) in [4.78, 5) is 28.3. The van der Waals surface area contributed by atoms with E-state index in [1.165, 1.54) is 13.2 Å². The average Bonchev–Trinajstić information content (AvgIpc) is 2.79. The largest absolute Gasteiger partial charge is 0.484 e. The summed E-state index contributed by atoms with van der Waals surface area (Å²) in [5, 5.41) is 0. The van der Waals surface area contributed by atoms with Crippen molar-refractivity contribution in [3.05, 3.63) is 65.0 Å². The Morgan fingerprint density at radius 3 is 2.37 bits per heavy atom. The van der Waals surface area contributed by atoms with Crippen LogP contribution in [0, 0.1) is 12.7 Å². The summed E-state index contributed by atoms with van der Waals surface area (Å²) in [5.74, 6) is -0.158. The molecule has 190 valence electrons. The number of benzene rings is 2. The van der Waals surface area contributed by atoms with E-state index < -0.39 is 17.7 Å². The normalized spacial score (nSPS) is 17.6. The van der Waals surface area contributed by atoms with Gasteiger partial charge in [-0.25, -0.2) is 14.0 Å². The minimum Gasteiger partial charge on any atom is -0.484 e. The van der Waals surface area contributed by atoms with Gasteiger partial charge in [-0.3, -0.25) is 4.90 Å². The molecule has 2 atom stereocenters. The minimum absolute atomic E-state index is 0.0478. The molecule has 1 saturated heterocycles. The lowest BCUT2D eigenvalue weighted by atomic mass is 10.0. The molecule has 1 fully saturated rings. The second kappa shape index (κ2) is 11.1. The summed E-state index contributed by atoms with van der Waals surface area (Å²) in [5.41, 5.74) is 1.15. The third kappa shape index (κ3) is 7.18. The Kier molecular flexibility index (Phi) is 8.38. The van der Waals surface area contributed by atoms with Crippen molar-refractivity contribution < 1.29 is 28.2 Å². The highest BCUT2D eigenvalue weighted by molar-refractivity contribution is 5.89. The van der Waals surface area contributed by atoms with Gasteiger partial charge in [-0.05, 0) is 76.1 Å². The van der Waals surface area contributed by atoms with Gasteiger partial charge in [0, 0.05) is 32.2 Å². The Labute approximate surface area is 206 Å². The van der Waals surface area contributed by atoms with Crippen molar-refractivity contribution in [2.24, 2.45) is 0 Å². The number of ether oxygens (including phenoxy) is 3. The number of hydrogen-bond donors (Lipinski definition) is 0. The zero-order valence-corrected chi connectivity index (χ0v) is 21.3. The van der Waals surface area contributed by atoms with Gasteiger partial charge in [0.1, 0.15) is 23.3 Å². The lowest BCUT2D eigenvalue weighted by Crippen LogP contribution is -2.55. The molecule has 2 aromatic rings. The third-order valence-electron chi connectivity index (χ3n) is 5.89. The number of aryl methyl sites for hydroxylation is 1. The summed E-state index contributed by atoms with van der Waals surface area (Å²) >= 11 is 0. The summed E-state index contributed by atoms with van der Waals surface area (Å²) in [7, 11) is 1.33. The zero-order valence-electron chi connectivity index (χ0n) is 21.3. The van der Waals surface area contributed by atoms with Crippen LogP contribution in [0.25, 0.3) is 0 Å². The van der Waals surface area contributed by atoms with Crippen LogP contribution >= 0.6 is 0 Å². The molecule has 1 unspecified atom stereocenters. The highest BCUT2D eigenvalue weighted by Gasteiger charge is 2.32. The first-order chi connectivity index (χ1) is 16.5. The van der Waals surface area contributed by atoms with E-state index in [0.717, 1.165) is 0 Å². The monoisotopic (exact) mass is 486 g/mol. The summed E-state index contributed by atoms with van der Waals surface area (Å²) < 4.78 is 31.0. The van der Waals surface area contributed by atoms with Gasteiger partial charge in [0.05, 0.1) is 12.7 Å².